The molecule has 0 aromatic heterocycles. The number of halogens is 2. The SMILES string of the molecule is COC1CN([C@H](c2ccc(Cl)cc2)c2ccc(C#N)cc2)CC1NC(=O)c1ccc(C#N)cc1F. The van der Waals surface area contributed by atoms with Gasteiger partial charge in [-0.1, -0.05) is 35.9 Å². The second kappa shape index (κ2) is 10.7. The van der Waals surface area contributed by atoms with Gasteiger partial charge in [0.05, 0.1) is 47.0 Å². The standard InChI is InChI=1S/C27H22ClFN4O2/c1-35-25-16-33(15-24(25)32-27(34)22-11-4-18(14-31)12-23(22)29)26(20-7-9-21(28)10-8-20)19-5-2-17(13-30)3-6-19/h2-12,24-26H,15-16H2,1H3,(H,32,34)/t24?,25?,26-/m0/s1. The van der Waals surface area contributed by atoms with E-state index in [4.69, 9.17) is 21.6 Å². The number of nitrogens with zero attached hydrogens (tertiary/aromatic N) is 3. The molecule has 0 saturated carbocycles. The quantitative estimate of drug-likeness (QED) is 0.554. The highest BCUT2D eigenvalue weighted by atomic mass is 35.5. The van der Waals surface area contributed by atoms with Crippen molar-refractivity contribution in [2.75, 3.05) is 20.2 Å². The Morgan fingerprint density at radius 2 is 1.63 bits per heavy atom. The Kier molecular flexibility index (Phi) is 7.43. The van der Waals surface area contributed by atoms with Gasteiger partial charge in [-0.25, -0.2) is 4.39 Å². The van der Waals surface area contributed by atoms with E-state index in [0.717, 1.165) is 17.2 Å². The third kappa shape index (κ3) is 5.34. The van der Waals surface area contributed by atoms with Crippen LogP contribution in [0.25, 0.3) is 0 Å². The first-order valence-electron chi connectivity index (χ1n) is 11.0. The zero-order chi connectivity index (χ0) is 24.9. The number of carbonyl (C=O) groups is 1. The molecule has 2 unspecified atom stereocenters. The lowest BCUT2D eigenvalue weighted by molar-refractivity contribution is 0.0751. The van der Waals surface area contributed by atoms with Crippen molar-refractivity contribution in [3.8, 4) is 12.1 Å². The van der Waals surface area contributed by atoms with Crippen LogP contribution in [0.4, 0.5) is 4.39 Å². The zero-order valence-electron chi connectivity index (χ0n) is 18.9. The predicted molar refractivity (Wildman–Crippen MR) is 129 cm³/mol. The number of benzene rings is 3. The molecule has 0 aliphatic carbocycles. The van der Waals surface area contributed by atoms with Crippen molar-refractivity contribution in [3.63, 3.8) is 0 Å². The van der Waals surface area contributed by atoms with Crippen LogP contribution < -0.4 is 5.32 Å². The Morgan fingerprint density at radius 1 is 1.03 bits per heavy atom. The Balaban J connectivity index is 1.60. The van der Waals surface area contributed by atoms with Crippen LogP contribution in [0.3, 0.4) is 0 Å². The molecule has 1 fully saturated rings. The highest BCUT2D eigenvalue weighted by Gasteiger charge is 2.38. The maximum Gasteiger partial charge on any atom is 0.254 e. The molecule has 1 saturated heterocycles. The van der Waals surface area contributed by atoms with Crippen LogP contribution >= 0.6 is 11.6 Å². The van der Waals surface area contributed by atoms with Crippen LogP contribution in [0.1, 0.15) is 38.7 Å². The van der Waals surface area contributed by atoms with E-state index >= 15 is 0 Å². The normalized spacial score (nSPS) is 18.4. The average molecular weight is 489 g/mol. The number of methoxy groups -OCH3 is 1. The summed E-state index contributed by atoms with van der Waals surface area (Å²) in [5.41, 5.74) is 2.56. The minimum absolute atomic E-state index is 0.126. The van der Waals surface area contributed by atoms with Crippen LogP contribution in [0.5, 0.6) is 0 Å². The van der Waals surface area contributed by atoms with E-state index in [1.54, 1.807) is 19.2 Å². The fraction of sp³-hybridized carbons (Fsp3) is 0.222. The Hall–Kier alpha value is -3.75. The average Bonchev–Trinajstić information content (AvgIpc) is 3.27. The fourth-order valence-electron chi connectivity index (χ4n) is 4.41. The minimum atomic E-state index is -0.748. The molecule has 1 amide bonds. The second-order valence-corrected chi connectivity index (χ2v) is 8.74. The van der Waals surface area contributed by atoms with Crippen LogP contribution in [-0.2, 0) is 4.74 Å². The molecule has 1 aliphatic rings. The van der Waals surface area contributed by atoms with Crippen LogP contribution in [0.15, 0.2) is 66.7 Å². The van der Waals surface area contributed by atoms with Crippen molar-refractivity contribution in [3.05, 3.63) is 105 Å². The van der Waals surface area contributed by atoms with Gasteiger partial charge in [-0.15, -0.1) is 0 Å². The number of nitriles is 2. The molecule has 1 heterocycles. The van der Waals surface area contributed by atoms with E-state index in [1.807, 2.05) is 42.5 Å². The van der Waals surface area contributed by atoms with Gasteiger partial charge >= 0.3 is 0 Å². The molecule has 1 aliphatic heterocycles. The Bertz CT molecular complexity index is 1300. The minimum Gasteiger partial charge on any atom is -0.378 e. The van der Waals surface area contributed by atoms with Crippen LogP contribution in [0, 0.1) is 28.5 Å². The maximum absolute atomic E-state index is 14.4. The maximum atomic E-state index is 14.4. The van der Waals surface area contributed by atoms with Crippen molar-refractivity contribution in [2.45, 2.75) is 18.2 Å². The summed E-state index contributed by atoms with van der Waals surface area (Å²) in [6.45, 7) is 0.972. The lowest BCUT2D eigenvalue weighted by Crippen LogP contribution is -2.44. The molecular formula is C27H22ClFN4O2. The molecule has 3 aromatic rings. The summed E-state index contributed by atoms with van der Waals surface area (Å²) >= 11 is 6.11. The molecular weight excluding hydrogens is 467 g/mol. The molecule has 3 atom stereocenters. The number of carbonyl (C=O) groups excluding carboxylic acids is 1. The van der Waals surface area contributed by atoms with Gasteiger partial charge in [-0.2, -0.15) is 10.5 Å². The van der Waals surface area contributed by atoms with Crippen LogP contribution in [0.2, 0.25) is 5.02 Å². The molecule has 0 radical (unpaired) electrons. The highest BCUT2D eigenvalue weighted by Crippen LogP contribution is 2.33. The van der Waals surface area contributed by atoms with Crippen molar-refractivity contribution >= 4 is 17.5 Å². The molecule has 3 aromatic carbocycles. The van der Waals surface area contributed by atoms with E-state index in [0.29, 0.717) is 23.7 Å². The third-order valence-electron chi connectivity index (χ3n) is 6.16. The molecule has 6 nitrogen and oxygen atoms in total. The smallest absolute Gasteiger partial charge is 0.254 e. The van der Waals surface area contributed by atoms with Gasteiger partial charge in [0.1, 0.15) is 5.82 Å². The van der Waals surface area contributed by atoms with Gasteiger partial charge < -0.3 is 10.1 Å². The molecule has 0 spiro atoms. The van der Waals surface area contributed by atoms with Gasteiger partial charge in [-0.3, -0.25) is 9.69 Å². The zero-order valence-corrected chi connectivity index (χ0v) is 19.7. The number of ether oxygens (including phenoxy) is 1. The summed E-state index contributed by atoms with van der Waals surface area (Å²) in [6.07, 6.45) is -0.325. The van der Waals surface area contributed by atoms with Crippen molar-refractivity contribution in [2.24, 2.45) is 0 Å². The van der Waals surface area contributed by atoms with E-state index in [9.17, 15) is 14.4 Å². The Labute approximate surface area is 208 Å². The fourth-order valence-corrected chi connectivity index (χ4v) is 4.53. The largest absolute Gasteiger partial charge is 0.378 e. The number of rotatable bonds is 6. The first kappa shape index (κ1) is 24.4. The monoisotopic (exact) mass is 488 g/mol. The molecule has 1 N–H and O–H groups in total. The summed E-state index contributed by atoms with van der Waals surface area (Å²) in [5.74, 6) is -1.32. The van der Waals surface area contributed by atoms with Crippen molar-refractivity contribution < 1.29 is 13.9 Å². The highest BCUT2D eigenvalue weighted by molar-refractivity contribution is 6.30. The first-order chi connectivity index (χ1) is 16.9. The predicted octanol–water partition coefficient (Wildman–Crippen LogP) is 4.44. The lowest BCUT2D eigenvalue weighted by atomic mass is 9.96. The van der Waals surface area contributed by atoms with Gasteiger partial charge in [0, 0.05) is 25.2 Å². The number of likely N-dealkylation sites (tertiary alicyclic amines) is 1. The summed E-state index contributed by atoms with van der Waals surface area (Å²) in [5, 5.41) is 21.6. The summed E-state index contributed by atoms with van der Waals surface area (Å²) < 4.78 is 20.1. The van der Waals surface area contributed by atoms with E-state index in [1.165, 1.54) is 12.1 Å². The molecule has 8 heteroatoms. The molecule has 35 heavy (non-hydrogen) atoms. The topological polar surface area (TPSA) is 89.2 Å². The van der Waals surface area contributed by atoms with Gasteiger partial charge in [-0.05, 0) is 53.6 Å². The van der Waals surface area contributed by atoms with Crippen molar-refractivity contribution in [1.82, 2.24) is 10.2 Å². The van der Waals surface area contributed by atoms with Crippen molar-refractivity contribution in [1.29, 1.82) is 10.5 Å². The molecule has 0 bridgehead atoms. The van der Waals surface area contributed by atoms with Gasteiger partial charge in [0.25, 0.3) is 5.91 Å². The summed E-state index contributed by atoms with van der Waals surface area (Å²) in [6, 6.07) is 22.1. The van der Waals surface area contributed by atoms with Crippen LogP contribution in [-0.4, -0.2) is 43.2 Å². The van der Waals surface area contributed by atoms with E-state index in [2.05, 4.69) is 16.3 Å². The summed E-state index contributed by atoms with van der Waals surface area (Å²) in [4.78, 5) is 15.0. The number of nitrogens with one attached hydrogen (secondary N) is 1. The summed E-state index contributed by atoms with van der Waals surface area (Å²) in [7, 11) is 1.58. The number of hydrogen-bond donors (Lipinski definition) is 1. The number of amides is 1. The lowest BCUT2D eigenvalue weighted by Gasteiger charge is -2.29. The Morgan fingerprint density at radius 3 is 2.20 bits per heavy atom. The first-order valence-corrected chi connectivity index (χ1v) is 11.3. The van der Waals surface area contributed by atoms with E-state index in [-0.39, 0.29) is 23.3 Å². The number of hydrogen-bond acceptors (Lipinski definition) is 5. The third-order valence-corrected chi connectivity index (χ3v) is 6.41. The molecule has 4 rings (SSSR count). The van der Waals surface area contributed by atoms with Gasteiger partial charge in [0.15, 0.2) is 0 Å². The van der Waals surface area contributed by atoms with Gasteiger partial charge in [0.2, 0.25) is 0 Å². The second-order valence-electron chi connectivity index (χ2n) is 8.30. The van der Waals surface area contributed by atoms with E-state index < -0.39 is 17.8 Å². The molecule has 176 valence electrons.